The number of ketones is 2. The van der Waals surface area contributed by atoms with Crippen LogP contribution in [0.2, 0.25) is 0 Å². The molecule has 0 heterocycles. The van der Waals surface area contributed by atoms with Crippen LogP contribution in [0.3, 0.4) is 0 Å². The minimum Gasteiger partial charge on any atom is -0.454 e. The normalized spacial score (nSPS) is 11.5. The molecule has 0 bridgehead atoms. The number of rotatable bonds is 9. The van der Waals surface area contributed by atoms with E-state index in [1.54, 1.807) is 0 Å². The van der Waals surface area contributed by atoms with Crippen LogP contribution < -0.4 is 0 Å². The highest BCUT2D eigenvalue weighted by atomic mass is 16.6. The van der Waals surface area contributed by atoms with Crippen LogP contribution in [0.15, 0.2) is 50.6 Å². The van der Waals surface area contributed by atoms with Gasteiger partial charge in [-0.25, -0.2) is 9.59 Å². The van der Waals surface area contributed by atoms with Crippen molar-refractivity contribution < 1.29 is 28.7 Å². The van der Waals surface area contributed by atoms with Gasteiger partial charge in [0.1, 0.15) is 0 Å². The van der Waals surface area contributed by atoms with E-state index in [-0.39, 0.29) is 0 Å². The molecule has 0 aromatic rings. The predicted molar refractivity (Wildman–Crippen MR) is 75.2 cm³/mol. The molecule has 21 heavy (non-hydrogen) atoms. The highest BCUT2D eigenvalue weighted by molar-refractivity contribution is 6.20. The van der Waals surface area contributed by atoms with E-state index in [4.69, 9.17) is 9.47 Å². The maximum atomic E-state index is 12.1. The molecule has 0 aromatic carbocycles. The fourth-order valence-corrected chi connectivity index (χ4v) is 1.51. The van der Waals surface area contributed by atoms with Crippen molar-refractivity contribution in [3.05, 3.63) is 50.6 Å². The van der Waals surface area contributed by atoms with Crippen LogP contribution in [0.4, 0.5) is 0 Å². The van der Waals surface area contributed by atoms with E-state index >= 15 is 0 Å². The molecule has 0 fully saturated rings. The molecule has 112 valence electrons. The summed E-state index contributed by atoms with van der Waals surface area (Å²) in [4.78, 5) is 46.9. The van der Waals surface area contributed by atoms with Crippen molar-refractivity contribution in [1.29, 1.82) is 0 Å². The van der Waals surface area contributed by atoms with Gasteiger partial charge >= 0.3 is 11.9 Å². The van der Waals surface area contributed by atoms with E-state index < -0.39 is 35.2 Å². The van der Waals surface area contributed by atoms with E-state index in [1.165, 1.54) is 6.92 Å². The summed E-state index contributed by atoms with van der Waals surface area (Å²) in [6.45, 7) is 14.1. The van der Waals surface area contributed by atoms with E-state index in [2.05, 4.69) is 26.3 Å². The summed E-state index contributed by atoms with van der Waals surface area (Å²) in [5.74, 6) is -3.84. The van der Waals surface area contributed by atoms with Gasteiger partial charge in [-0.05, 0) is 19.1 Å². The number of hydrogen-bond acceptors (Lipinski definition) is 6. The Morgan fingerprint density at radius 3 is 1.62 bits per heavy atom. The van der Waals surface area contributed by atoms with Gasteiger partial charge < -0.3 is 9.47 Å². The molecule has 6 nitrogen and oxygen atoms in total. The first-order valence-corrected chi connectivity index (χ1v) is 5.82. The van der Waals surface area contributed by atoms with Gasteiger partial charge in [0.05, 0.1) is 0 Å². The van der Waals surface area contributed by atoms with Crippen LogP contribution in [0.5, 0.6) is 0 Å². The van der Waals surface area contributed by atoms with Gasteiger partial charge in [-0.15, -0.1) is 0 Å². The van der Waals surface area contributed by atoms with Gasteiger partial charge in [0.25, 0.3) is 5.60 Å². The predicted octanol–water partition coefficient (Wildman–Crippen LogP) is 1.08. The van der Waals surface area contributed by atoms with Crippen LogP contribution in [0, 0.1) is 0 Å². The van der Waals surface area contributed by atoms with Gasteiger partial charge in [0.15, 0.2) is 6.10 Å². The molecule has 0 rings (SSSR count). The fourth-order valence-electron chi connectivity index (χ4n) is 1.51. The van der Waals surface area contributed by atoms with Gasteiger partial charge in [0.2, 0.25) is 11.6 Å². The third-order valence-corrected chi connectivity index (χ3v) is 2.56. The second kappa shape index (κ2) is 7.74. The molecular weight excluding hydrogens is 276 g/mol. The summed E-state index contributed by atoms with van der Waals surface area (Å²) in [6.07, 6.45) is 1.77. The van der Waals surface area contributed by atoms with Crippen LogP contribution in [0.25, 0.3) is 0 Å². The zero-order valence-corrected chi connectivity index (χ0v) is 11.7. The van der Waals surface area contributed by atoms with Crippen LogP contribution >= 0.6 is 0 Å². The average Bonchev–Trinajstić information content (AvgIpc) is 2.50. The molecule has 0 saturated carbocycles. The lowest BCUT2D eigenvalue weighted by Crippen LogP contribution is -2.58. The monoisotopic (exact) mass is 292 g/mol. The van der Waals surface area contributed by atoms with E-state index in [0.717, 1.165) is 24.3 Å². The third-order valence-electron chi connectivity index (χ3n) is 2.56. The second-order valence-corrected chi connectivity index (χ2v) is 3.78. The van der Waals surface area contributed by atoms with Crippen molar-refractivity contribution in [2.24, 2.45) is 0 Å². The topological polar surface area (TPSA) is 86.7 Å². The molecule has 1 unspecified atom stereocenters. The third kappa shape index (κ3) is 3.85. The zero-order valence-electron chi connectivity index (χ0n) is 11.7. The van der Waals surface area contributed by atoms with Crippen molar-refractivity contribution in [3.8, 4) is 0 Å². The number of esters is 2. The Hall–Kier alpha value is -2.76. The van der Waals surface area contributed by atoms with E-state index in [1.807, 2.05) is 0 Å². The minimum atomic E-state index is -2.40. The summed E-state index contributed by atoms with van der Waals surface area (Å²) >= 11 is 0. The van der Waals surface area contributed by atoms with Crippen LogP contribution in [-0.4, -0.2) is 35.2 Å². The molecule has 0 spiro atoms. The molecule has 0 aliphatic carbocycles. The molecule has 0 aliphatic rings. The maximum absolute atomic E-state index is 12.1. The molecule has 0 radical (unpaired) electrons. The lowest BCUT2D eigenvalue weighted by atomic mass is 9.87. The lowest BCUT2D eigenvalue weighted by molar-refractivity contribution is -0.183. The Morgan fingerprint density at radius 1 is 0.857 bits per heavy atom. The smallest absolute Gasteiger partial charge is 0.331 e. The molecule has 0 aromatic heterocycles. The Balaban J connectivity index is 5.98. The molecular formula is C15H16O6. The Morgan fingerprint density at radius 2 is 1.29 bits per heavy atom. The van der Waals surface area contributed by atoms with Gasteiger partial charge in [-0.3, -0.25) is 9.59 Å². The van der Waals surface area contributed by atoms with Gasteiger partial charge in [-0.2, -0.15) is 0 Å². The summed E-state index contributed by atoms with van der Waals surface area (Å²) in [5.41, 5.74) is -2.40. The standard InChI is InChI=1S/C15H16O6/c1-6-11(16)15(12(17)7-2,21-14(19)9-4)10(5)20-13(18)8-3/h6-10H,1-4H2,5H3. The van der Waals surface area contributed by atoms with Crippen LogP contribution in [-0.2, 0) is 28.7 Å². The molecule has 0 amide bonds. The second-order valence-electron chi connectivity index (χ2n) is 3.78. The Kier molecular flexibility index (Phi) is 6.72. The van der Waals surface area contributed by atoms with E-state index in [0.29, 0.717) is 0 Å². The molecule has 0 N–H and O–H groups in total. The lowest BCUT2D eigenvalue weighted by Gasteiger charge is -2.32. The molecule has 0 aliphatic heterocycles. The van der Waals surface area contributed by atoms with Crippen molar-refractivity contribution >= 4 is 23.5 Å². The first kappa shape index (κ1) is 18.2. The maximum Gasteiger partial charge on any atom is 0.331 e. The number of ether oxygens (including phenoxy) is 2. The quantitative estimate of drug-likeness (QED) is 0.359. The first-order chi connectivity index (χ1) is 9.79. The SMILES string of the molecule is C=CC(=O)OC(C)C(OC(=O)C=C)(C(=O)C=C)C(=O)C=C. The highest BCUT2D eigenvalue weighted by Crippen LogP contribution is 2.24. The van der Waals surface area contributed by atoms with Crippen molar-refractivity contribution in [2.45, 2.75) is 18.6 Å². The Bertz CT molecular complexity index is 494. The molecule has 6 heteroatoms. The van der Waals surface area contributed by atoms with Gasteiger partial charge in [-0.1, -0.05) is 26.3 Å². The summed E-state index contributed by atoms with van der Waals surface area (Å²) < 4.78 is 9.74. The van der Waals surface area contributed by atoms with Gasteiger partial charge in [0, 0.05) is 12.2 Å². The summed E-state index contributed by atoms with van der Waals surface area (Å²) in [5, 5.41) is 0. The zero-order chi connectivity index (χ0) is 16.6. The van der Waals surface area contributed by atoms with Crippen LogP contribution in [0.1, 0.15) is 6.92 Å². The van der Waals surface area contributed by atoms with E-state index in [9.17, 15) is 19.2 Å². The summed E-state index contributed by atoms with van der Waals surface area (Å²) in [6, 6.07) is 0. The minimum absolute atomic E-state index is 0.767. The number of hydrogen-bond donors (Lipinski definition) is 0. The average molecular weight is 292 g/mol. The largest absolute Gasteiger partial charge is 0.454 e. The van der Waals surface area contributed by atoms with Crippen molar-refractivity contribution in [3.63, 3.8) is 0 Å². The summed E-state index contributed by atoms with van der Waals surface area (Å²) in [7, 11) is 0. The van der Waals surface area contributed by atoms with Crippen molar-refractivity contribution in [2.75, 3.05) is 0 Å². The Labute approximate surface area is 122 Å². The van der Waals surface area contributed by atoms with Crippen molar-refractivity contribution in [1.82, 2.24) is 0 Å². The number of carbonyl (C=O) groups excluding carboxylic acids is 4. The number of carbonyl (C=O) groups is 4. The fraction of sp³-hybridized carbons (Fsp3) is 0.200. The molecule has 1 atom stereocenters. The highest BCUT2D eigenvalue weighted by Gasteiger charge is 2.53. The molecule has 0 saturated heterocycles. The first-order valence-electron chi connectivity index (χ1n) is 5.82.